The fourth-order valence-corrected chi connectivity index (χ4v) is 1.37. The van der Waals surface area contributed by atoms with Gasteiger partial charge in [0, 0.05) is 18.2 Å². The molecule has 0 spiro atoms. The molecule has 0 bridgehead atoms. The molecule has 1 heterocycles. The van der Waals surface area contributed by atoms with E-state index in [9.17, 15) is 0 Å². The first kappa shape index (κ1) is 12.9. The molecule has 0 saturated carbocycles. The van der Waals surface area contributed by atoms with Crippen molar-refractivity contribution in [1.29, 1.82) is 0 Å². The molecule has 0 aromatic carbocycles. The second kappa shape index (κ2) is 6.46. The summed E-state index contributed by atoms with van der Waals surface area (Å²) in [6.45, 7) is 9.13. The summed E-state index contributed by atoms with van der Waals surface area (Å²) < 4.78 is 5.62. The lowest BCUT2D eigenvalue weighted by molar-refractivity contribution is 0.259. The summed E-state index contributed by atoms with van der Waals surface area (Å²) in [4.78, 5) is 8.82. The van der Waals surface area contributed by atoms with Crippen molar-refractivity contribution < 1.29 is 4.74 Å². The van der Waals surface area contributed by atoms with Crippen LogP contribution >= 0.6 is 0 Å². The Hall–Kier alpha value is -1.12. The van der Waals surface area contributed by atoms with Gasteiger partial charge in [-0.2, -0.15) is 4.98 Å². The Morgan fingerprint density at radius 1 is 1.31 bits per heavy atom. The standard InChI is InChI=1S/C13H22N2O/c1-5-6-7-12-14-11(4)8-13(15-12)16-9-10(2)3/h8,10H,5-7,9H2,1-4H3. The Morgan fingerprint density at radius 3 is 2.69 bits per heavy atom. The van der Waals surface area contributed by atoms with Gasteiger partial charge in [0.2, 0.25) is 5.88 Å². The first-order valence-electron chi connectivity index (χ1n) is 6.09. The Balaban J connectivity index is 2.65. The second-order valence-electron chi connectivity index (χ2n) is 4.57. The molecule has 3 nitrogen and oxygen atoms in total. The summed E-state index contributed by atoms with van der Waals surface area (Å²) in [7, 11) is 0. The molecule has 3 heteroatoms. The van der Waals surface area contributed by atoms with Crippen molar-refractivity contribution in [3.8, 4) is 5.88 Å². The van der Waals surface area contributed by atoms with Crippen LogP contribution in [0.15, 0.2) is 6.07 Å². The summed E-state index contributed by atoms with van der Waals surface area (Å²) in [5.74, 6) is 2.14. The zero-order valence-electron chi connectivity index (χ0n) is 10.8. The molecule has 0 aliphatic heterocycles. The van der Waals surface area contributed by atoms with E-state index in [1.807, 2.05) is 13.0 Å². The average Bonchev–Trinajstić information content (AvgIpc) is 2.23. The monoisotopic (exact) mass is 222 g/mol. The molecular formula is C13H22N2O. The van der Waals surface area contributed by atoms with Crippen LogP contribution in [0, 0.1) is 12.8 Å². The smallest absolute Gasteiger partial charge is 0.216 e. The van der Waals surface area contributed by atoms with Gasteiger partial charge < -0.3 is 4.74 Å². The van der Waals surface area contributed by atoms with Crippen molar-refractivity contribution in [2.24, 2.45) is 5.92 Å². The number of hydrogen-bond acceptors (Lipinski definition) is 3. The summed E-state index contributed by atoms with van der Waals surface area (Å²) in [6, 6.07) is 1.90. The fraction of sp³-hybridized carbons (Fsp3) is 0.692. The van der Waals surface area contributed by atoms with Crippen LogP contribution in [0.2, 0.25) is 0 Å². The molecule has 1 rings (SSSR count). The van der Waals surface area contributed by atoms with Gasteiger partial charge in [0.25, 0.3) is 0 Å². The molecule has 0 unspecified atom stereocenters. The van der Waals surface area contributed by atoms with Gasteiger partial charge in [0.05, 0.1) is 6.61 Å². The molecule has 1 aromatic heterocycles. The highest BCUT2D eigenvalue weighted by Gasteiger charge is 2.04. The van der Waals surface area contributed by atoms with E-state index in [0.29, 0.717) is 18.4 Å². The molecule has 0 N–H and O–H groups in total. The minimum atomic E-state index is 0.523. The third-order valence-corrected chi connectivity index (χ3v) is 2.20. The Morgan fingerprint density at radius 2 is 2.06 bits per heavy atom. The molecule has 1 aromatic rings. The van der Waals surface area contributed by atoms with E-state index < -0.39 is 0 Å². The van der Waals surface area contributed by atoms with Crippen LogP contribution in [0.1, 0.15) is 45.1 Å². The normalized spacial score (nSPS) is 10.8. The van der Waals surface area contributed by atoms with Crippen LogP contribution in [0.4, 0.5) is 0 Å². The summed E-state index contributed by atoms with van der Waals surface area (Å²) in [5, 5.41) is 0. The van der Waals surface area contributed by atoms with Crippen LogP contribution in [-0.2, 0) is 6.42 Å². The van der Waals surface area contributed by atoms with Crippen LogP contribution in [0.25, 0.3) is 0 Å². The van der Waals surface area contributed by atoms with Crippen LogP contribution < -0.4 is 4.74 Å². The van der Waals surface area contributed by atoms with Crippen LogP contribution in [-0.4, -0.2) is 16.6 Å². The maximum Gasteiger partial charge on any atom is 0.216 e. The Bertz CT molecular complexity index is 324. The molecule has 90 valence electrons. The first-order valence-corrected chi connectivity index (χ1v) is 6.09. The van der Waals surface area contributed by atoms with Gasteiger partial charge in [-0.25, -0.2) is 4.98 Å². The van der Waals surface area contributed by atoms with E-state index in [1.165, 1.54) is 6.42 Å². The number of unbranched alkanes of at least 4 members (excludes halogenated alkanes) is 1. The molecular weight excluding hydrogens is 200 g/mol. The SMILES string of the molecule is CCCCc1nc(C)cc(OCC(C)C)n1. The van der Waals surface area contributed by atoms with Crippen LogP contribution in [0.5, 0.6) is 5.88 Å². The topological polar surface area (TPSA) is 35.0 Å². The maximum atomic E-state index is 5.62. The molecule has 0 atom stereocenters. The van der Waals surface area contributed by atoms with E-state index in [0.717, 1.165) is 24.4 Å². The van der Waals surface area contributed by atoms with Gasteiger partial charge in [-0.15, -0.1) is 0 Å². The quantitative estimate of drug-likeness (QED) is 0.741. The van der Waals surface area contributed by atoms with E-state index in [4.69, 9.17) is 4.74 Å². The van der Waals surface area contributed by atoms with Gasteiger partial charge in [-0.05, 0) is 19.3 Å². The predicted molar refractivity (Wildman–Crippen MR) is 65.7 cm³/mol. The highest BCUT2D eigenvalue weighted by molar-refractivity contribution is 5.15. The summed E-state index contributed by atoms with van der Waals surface area (Å²) in [6.07, 6.45) is 3.24. The molecule has 0 fully saturated rings. The van der Waals surface area contributed by atoms with Crippen molar-refractivity contribution in [2.75, 3.05) is 6.61 Å². The largest absolute Gasteiger partial charge is 0.477 e. The van der Waals surface area contributed by atoms with E-state index >= 15 is 0 Å². The van der Waals surface area contributed by atoms with Crippen LogP contribution in [0.3, 0.4) is 0 Å². The summed E-state index contributed by atoms with van der Waals surface area (Å²) in [5.41, 5.74) is 0.986. The zero-order valence-corrected chi connectivity index (χ0v) is 10.8. The zero-order chi connectivity index (χ0) is 12.0. The summed E-state index contributed by atoms with van der Waals surface area (Å²) >= 11 is 0. The van der Waals surface area contributed by atoms with Gasteiger partial charge in [0.15, 0.2) is 0 Å². The molecule has 0 saturated heterocycles. The lowest BCUT2D eigenvalue weighted by Gasteiger charge is -2.09. The van der Waals surface area contributed by atoms with Crippen molar-refractivity contribution in [1.82, 2.24) is 9.97 Å². The number of aryl methyl sites for hydroxylation is 2. The van der Waals surface area contributed by atoms with Crippen molar-refractivity contribution >= 4 is 0 Å². The number of ether oxygens (including phenoxy) is 1. The predicted octanol–water partition coefficient (Wildman–Crippen LogP) is 3.16. The van der Waals surface area contributed by atoms with E-state index in [1.54, 1.807) is 0 Å². The van der Waals surface area contributed by atoms with Crippen molar-refractivity contribution in [3.05, 3.63) is 17.6 Å². The Kier molecular flexibility index (Phi) is 5.23. The third-order valence-electron chi connectivity index (χ3n) is 2.20. The van der Waals surface area contributed by atoms with Gasteiger partial charge in [0.1, 0.15) is 5.82 Å². The van der Waals surface area contributed by atoms with Gasteiger partial charge in [-0.1, -0.05) is 27.2 Å². The lowest BCUT2D eigenvalue weighted by Crippen LogP contribution is -2.08. The minimum absolute atomic E-state index is 0.523. The minimum Gasteiger partial charge on any atom is -0.477 e. The number of nitrogens with zero attached hydrogens (tertiary/aromatic N) is 2. The highest BCUT2D eigenvalue weighted by atomic mass is 16.5. The molecule has 0 radical (unpaired) electrons. The number of rotatable bonds is 6. The third kappa shape index (κ3) is 4.60. The Labute approximate surface area is 98.3 Å². The highest BCUT2D eigenvalue weighted by Crippen LogP contribution is 2.11. The van der Waals surface area contributed by atoms with Gasteiger partial charge >= 0.3 is 0 Å². The van der Waals surface area contributed by atoms with E-state index in [-0.39, 0.29) is 0 Å². The fourth-order valence-electron chi connectivity index (χ4n) is 1.37. The molecule has 16 heavy (non-hydrogen) atoms. The number of aromatic nitrogens is 2. The number of hydrogen-bond donors (Lipinski definition) is 0. The maximum absolute atomic E-state index is 5.62. The lowest BCUT2D eigenvalue weighted by atomic mass is 10.2. The second-order valence-corrected chi connectivity index (χ2v) is 4.57. The van der Waals surface area contributed by atoms with Crippen molar-refractivity contribution in [2.45, 2.75) is 47.0 Å². The van der Waals surface area contributed by atoms with Gasteiger partial charge in [-0.3, -0.25) is 0 Å². The average molecular weight is 222 g/mol. The first-order chi connectivity index (χ1) is 7.61. The molecule has 0 amide bonds. The van der Waals surface area contributed by atoms with E-state index in [2.05, 4.69) is 30.7 Å². The molecule has 0 aliphatic carbocycles. The van der Waals surface area contributed by atoms with Crippen molar-refractivity contribution in [3.63, 3.8) is 0 Å². The molecule has 0 aliphatic rings.